The Bertz CT molecular complexity index is 1100. The molecular formula is C23H28Cl3N3O4S. The molecule has 11 heteroatoms. The standard InChI is InChI=1S/C23H28Cl3N3O4S/c1-15(2)12-27-23(31)16(3)29(13-19-20(25)6-5-7-21(19)26)22(30)14-28(4)34(32,33)18-10-8-17(24)9-11-18/h5-11,15-16H,12-14H2,1-4H3,(H,27,31)/t16-/m1/s1. The summed E-state index contributed by atoms with van der Waals surface area (Å²) in [5.41, 5.74) is 0.464. The third-order valence-electron chi connectivity index (χ3n) is 5.12. The lowest BCUT2D eigenvalue weighted by Crippen LogP contribution is -2.51. The summed E-state index contributed by atoms with van der Waals surface area (Å²) in [5.74, 6) is -0.731. The maximum Gasteiger partial charge on any atom is 0.243 e. The Morgan fingerprint density at radius 2 is 1.53 bits per heavy atom. The Morgan fingerprint density at radius 1 is 0.971 bits per heavy atom. The number of hydrogen-bond acceptors (Lipinski definition) is 4. The van der Waals surface area contributed by atoms with Crippen molar-refractivity contribution in [2.45, 2.75) is 38.3 Å². The van der Waals surface area contributed by atoms with E-state index in [9.17, 15) is 18.0 Å². The number of carbonyl (C=O) groups excluding carboxylic acids is 2. The van der Waals surface area contributed by atoms with E-state index < -0.39 is 28.5 Å². The highest BCUT2D eigenvalue weighted by molar-refractivity contribution is 7.89. The van der Waals surface area contributed by atoms with Crippen molar-refractivity contribution in [2.75, 3.05) is 20.1 Å². The van der Waals surface area contributed by atoms with Crippen LogP contribution in [0.5, 0.6) is 0 Å². The minimum absolute atomic E-state index is 0.00405. The molecule has 0 saturated heterocycles. The summed E-state index contributed by atoms with van der Waals surface area (Å²) in [6.45, 7) is 5.36. The van der Waals surface area contributed by atoms with E-state index in [-0.39, 0.29) is 23.3 Å². The van der Waals surface area contributed by atoms with Crippen LogP contribution in [0.15, 0.2) is 47.4 Å². The lowest BCUT2D eigenvalue weighted by molar-refractivity contribution is -0.140. The fourth-order valence-electron chi connectivity index (χ4n) is 3.04. The van der Waals surface area contributed by atoms with E-state index in [0.29, 0.717) is 27.2 Å². The van der Waals surface area contributed by atoms with Crippen LogP contribution in [0, 0.1) is 5.92 Å². The molecule has 1 N–H and O–H groups in total. The van der Waals surface area contributed by atoms with Gasteiger partial charge in [-0.3, -0.25) is 9.59 Å². The van der Waals surface area contributed by atoms with E-state index in [1.807, 2.05) is 13.8 Å². The summed E-state index contributed by atoms with van der Waals surface area (Å²) < 4.78 is 26.8. The second-order valence-electron chi connectivity index (χ2n) is 8.25. The number of benzene rings is 2. The van der Waals surface area contributed by atoms with Crippen molar-refractivity contribution in [1.82, 2.24) is 14.5 Å². The van der Waals surface area contributed by atoms with Crippen LogP contribution in [0.1, 0.15) is 26.3 Å². The quantitative estimate of drug-likeness (QED) is 0.475. The number of likely N-dealkylation sites (N-methyl/N-ethyl adjacent to an activating group) is 1. The summed E-state index contributed by atoms with van der Waals surface area (Å²) in [6.07, 6.45) is 0. The van der Waals surface area contributed by atoms with Gasteiger partial charge >= 0.3 is 0 Å². The molecule has 0 aliphatic carbocycles. The molecular weight excluding hydrogens is 521 g/mol. The van der Waals surface area contributed by atoms with Gasteiger partial charge in [0, 0.05) is 40.8 Å². The van der Waals surface area contributed by atoms with Gasteiger partial charge in [0.1, 0.15) is 6.04 Å². The molecule has 2 aromatic rings. The molecule has 0 spiro atoms. The average Bonchev–Trinajstić information content (AvgIpc) is 2.77. The van der Waals surface area contributed by atoms with Crippen LogP contribution in [-0.4, -0.2) is 55.6 Å². The summed E-state index contributed by atoms with van der Waals surface area (Å²) in [6, 6.07) is 9.67. The van der Waals surface area contributed by atoms with Crippen LogP contribution in [0.2, 0.25) is 15.1 Å². The van der Waals surface area contributed by atoms with Crippen molar-refractivity contribution >= 4 is 56.6 Å². The number of halogens is 3. The molecule has 0 aliphatic heterocycles. The van der Waals surface area contributed by atoms with Gasteiger partial charge in [-0.2, -0.15) is 4.31 Å². The zero-order chi connectivity index (χ0) is 25.6. The largest absolute Gasteiger partial charge is 0.354 e. The highest BCUT2D eigenvalue weighted by atomic mass is 35.5. The van der Waals surface area contributed by atoms with Gasteiger partial charge in [0.05, 0.1) is 11.4 Å². The number of amides is 2. The van der Waals surface area contributed by atoms with Crippen molar-refractivity contribution in [3.63, 3.8) is 0 Å². The smallest absolute Gasteiger partial charge is 0.243 e. The first-order valence-electron chi connectivity index (χ1n) is 10.6. The fourth-order valence-corrected chi connectivity index (χ4v) is 4.80. The second-order valence-corrected chi connectivity index (χ2v) is 11.5. The van der Waals surface area contributed by atoms with E-state index in [4.69, 9.17) is 34.8 Å². The van der Waals surface area contributed by atoms with E-state index in [1.54, 1.807) is 25.1 Å². The molecule has 2 rings (SSSR count). The highest BCUT2D eigenvalue weighted by Gasteiger charge is 2.31. The van der Waals surface area contributed by atoms with Gasteiger partial charge in [-0.25, -0.2) is 8.42 Å². The zero-order valence-electron chi connectivity index (χ0n) is 19.4. The maximum atomic E-state index is 13.3. The first kappa shape index (κ1) is 28.4. The lowest BCUT2D eigenvalue weighted by Gasteiger charge is -2.31. The van der Waals surface area contributed by atoms with Gasteiger partial charge in [-0.05, 0) is 49.2 Å². The van der Waals surface area contributed by atoms with Crippen LogP contribution in [0.4, 0.5) is 0 Å². The van der Waals surface area contributed by atoms with Gasteiger partial charge in [-0.15, -0.1) is 0 Å². The molecule has 186 valence electrons. The normalized spacial score (nSPS) is 12.6. The number of nitrogens with one attached hydrogen (secondary N) is 1. The predicted molar refractivity (Wildman–Crippen MR) is 136 cm³/mol. The molecule has 0 saturated carbocycles. The van der Waals surface area contributed by atoms with Gasteiger partial charge < -0.3 is 10.2 Å². The highest BCUT2D eigenvalue weighted by Crippen LogP contribution is 2.27. The Hall–Kier alpha value is -1.84. The molecule has 0 unspecified atom stereocenters. The average molecular weight is 549 g/mol. The van der Waals surface area contributed by atoms with Crippen LogP contribution in [-0.2, 0) is 26.2 Å². The number of nitrogens with zero attached hydrogens (tertiary/aromatic N) is 2. The van der Waals surface area contributed by atoms with Crippen molar-refractivity contribution in [3.8, 4) is 0 Å². The summed E-state index contributed by atoms with van der Waals surface area (Å²) in [5, 5.41) is 3.87. The van der Waals surface area contributed by atoms with Crippen molar-refractivity contribution in [3.05, 3.63) is 63.1 Å². The number of sulfonamides is 1. The summed E-state index contributed by atoms with van der Waals surface area (Å²) in [4.78, 5) is 27.4. The SMILES string of the molecule is CC(C)CNC(=O)[C@@H](C)N(Cc1c(Cl)cccc1Cl)C(=O)CN(C)S(=O)(=O)c1ccc(Cl)cc1. The van der Waals surface area contributed by atoms with Crippen LogP contribution in [0.3, 0.4) is 0 Å². The molecule has 2 aromatic carbocycles. The third kappa shape index (κ3) is 7.33. The number of rotatable bonds is 10. The first-order chi connectivity index (χ1) is 15.8. The minimum Gasteiger partial charge on any atom is -0.354 e. The van der Waals surface area contributed by atoms with Crippen LogP contribution >= 0.6 is 34.8 Å². The monoisotopic (exact) mass is 547 g/mol. The van der Waals surface area contributed by atoms with Gasteiger partial charge in [0.15, 0.2) is 0 Å². The van der Waals surface area contributed by atoms with Gasteiger partial charge in [0.2, 0.25) is 21.8 Å². The van der Waals surface area contributed by atoms with Crippen molar-refractivity contribution < 1.29 is 18.0 Å². The van der Waals surface area contributed by atoms with Crippen molar-refractivity contribution in [2.24, 2.45) is 5.92 Å². The Balaban J connectivity index is 2.32. The van der Waals surface area contributed by atoms with E-state index in [1.165, 1.54) is 36.2 Å². The minimum atomic E-state index is -3.97. The van der Waals surface area contributed by atoms with Gasteiger partial charge in [-0.1, -0.05) is 54.7 Å². The predicted octanol–water partition coefficient (Wildman–Crippen LogP) is 4.46. The van der Waals surface area contributed by atoms with E-state index in [2.05, 4.69) is 5.32 Å². The molecule has 34 heavy (non-hydrogen) atoms. The topological polar surface area (TPSA) is 86.8 Å². The van der Waals surface area contributed by atoms with Crippen LogP contribution < -0.4 is 5.32 Å². The first-order valence-corrected chi connectivity index (χ1v) is 13.1. The van der Waals surface area contributed by atoms with E-state index in [0.717, 1.165) is 4.31 Å². The Kier molecular flexibility index (Phi) is 10.2. The second kappa shape index (κ2) is 12.2. The number of carbonyl (C=O) groups is 2. The number of hydrogen-bond donors (Lipinski definition) is 1. The molecule has 0 aromatic heterocycles. The molecule has 1 atom stereocenters. The molecule has 0 radical (unpaired) electrons. The molecule has 0 aliphatic rings. The molecule has 2 amide bonds. The van der Waals surface area contributed by atoms with E-state index >= 15 is 0 Å². The molecule has 0 heterocycles. The lowest BCUT2D eigenvalue weighted by atomic mass is 10.1. The summed E-state index contributed by atoms with van der Waals surface area (Å²) >= 11 is 18.4. The molecule has 7 nitrogen and oxygen atoms in total. The molecule has 0 bridgehead atoms. The van der Waals surface area contributed by atoms with Crippen molar-refractivity contribution in [1.29, 1.82) is 0 Å². The Labute approximate surface area is 216 Å². The third-order valence-corrected chi connectivity index (χ3v) is 7.90. The zero-order valence-corrected chi connectivity index (χ0v) is 22.5. The Morgan fingerprint density at radius 3 is 2.06 bits per heavy atom. The van der Waals surface area contributed by atoms with Crippen LogP contribution in [0.25, 0.3) is 0 Å². The molecule has 0 fully saturated rings. The summed E-state index contributed by atoms with van der Waals surface area (Å²) in [7, 11) is -2.67. The maximum absolute atomic E-state index is 13.3. The fraction of sp³-hybridized carbons (Fsp3) is 0.391. The van der Waals surface area contributed by atoms with Gasteiger partial charge in [0.25, 0.3) is 0 Å².